The topological polar surface area (TPSA) is 91.6 Å². The van der Waals surface area contributed by atoms with Gasteiger partial charge in [0, 0.05) is 36.3 Å². The Bertz CT molecular complexity index is 1250. The number of aliphatic imine (C=N–C) groups is 1. The van der Waals surface area contributed by atoms with Crippen molar-refractivity contribution in [1.82, 2.24) is 14.1 Å². The molecular weight excluding hydrogens is 356 g/mol. The van der Waals surface area contributed by atoms with Crippen LogP contribution >= 0.6 is 0 Å². The van der Waals surface area contributed by atoms with Crippen molar-refractivity contribution in [3.8, 4) is 11.5 Å². The van der Waals surface area contributed by atoms with E-state index in [1.165, 1.54) is 0 Å². The van der Waals surface area contributed by atoms with Crippen LogP contribution in [0.2, 0.25) is 0 Å². The molecule has 8 heteroatoms. The standard InChI is InChI=1S/C20H20N6O2/c1-25-10-12(17-15(25)8-11(27-2)9-16(17)28-3)18-23-19(21)24-20-22-13-6-4-5-7-14(13)26(18)20/h4-10,18H,1-3H3,(H3,21,22,23,24)/t18-/m1/s1. The molecule has 0 fully saturated rings. The van der Waals surface area contributed by atoms with Crippen molar-refractivity contribution in [2.24, 2.45) is 17.8 Å². The van der Waals surface area contributed by atoms with Gasteiger partial charge in [-0.1, -0.05) is 12.1 Å². The second kappa shape index (κ2) is 5.91. The zero-order chi connectivity index (χ0) is 19.4. The Hall–Kier alpha value is -3.68. The van der Waals surface area contributed by atoms with Gasteiger partial charge in [0.15, 0.2) is 12.1 Å². The number of benzene rings is 2. The van der Waals surface area contributed by atoms with Crippen LogP contribution in [0.5, 0.6) is 11.5 Å². The third-order valence-electron chi connectivity index (χ3n) is 5.13. The molecule has 0 radical (unpaired) electrons. The largest absolute Gasteiger partial charge is 0.497 e. The molecule has 1 aliphatic rings. The van der Waals surface area contributed by atoms with E-state index in [-0.39, 0.29) is 6.17 Å². The fourth-order valence-electron chi connectivity index (χ4n) is 3.89. The first-order valence-electron chi connectivity index (χ1n) is 8.89. The van der Waals surface area contributed by atoms with Crippen LogP contribution < -0.4 is 20.5 Å². The molecule has 0 amide bonds. The van der Waals surface area contributed by atoms with Gasteiger partial charge in [0.1, 0.15) is 11.5 Å². The molecule has 3 heterocycles. The smallest absolute Gasteiger partial charge is 0.212 e. The predicted molar refractivity (Wildman–Crippen MR) is 109 cm³/mol. The van der Waals surface area contributed by atoms with Gasteiger partial charge in [0.25, 0.3) is 0 Å². The van der Waals surface area contributed by atoms with E-state index in [4.69, 9.17) is 20.2 Å². The van der Waals surface area contributed by atoms with Crippen LogP contribution in [-0.2, 0) is 7.05 Å². The second-order valence-corrected chi connectivity index (χ2v) is 6.73. The van der Waals surface area contributed by atoms with E-state index >= 15 is 0 Å². The van der Waals surface area contributed by atoms with Gasteiger partial charge in [-0.05, 0) is 12.1 Å². The molecule has 0 spiro atoms. The molecule has 3 N–H and O–H groups in total. The molecular formula is C20H20N6O2. The van der Waals surface area contributed by atoms with Gasteiger partial charge in [-0.2, -0.15) is 0 Å². The fourth-order valence-corrected chi connectivity index (χ4v) is 3.89. The zero-order valence-electron chi connectivity index (χ0n) is 15.8. The van der Waals surface area contributed by atoms with Crippen molar-refractivity contribution < 1.29 is 9.47 Å². The van der Waals surface area contributed by atoms with Gasteiger partial charge in [0.2, 0.25) is 5.95 Å². The SMILES string of the molecule is COc1cc(OC)c2c([C@@H]3N=C(N)Nc4nc5ccccc5n43)cn(C)c2c1. The second-order valence-electron chi connectivity index (χ2n) is 6.73. The normalized spacial score (nSPS) is 16.0. The summed E-state index contributed by atoms with van der Waals surface area (Å²) in [6, 6.07) is 11.8. The Balaban J connectivity index is 1.82. The fraction of sp³-hybridized carbons (Fsp3) is 0.200. The van der Waals surface area contributed by atoms with E-state index in [2.05, 4.69) is 21.1 Å². The van der Waals surface area contributed by atoms with E-state index in [1.54, 1.807) is 14.2 Å². The highest BCUT2D eigenvalue weighted by Gasteiger charge is 2.29. The minimum atomic E-state index is -0.366. The van der Waals surface area contributed by atoms with Crippen molar-refractivity contribution in [2.75, 3.05) is 19.5 Å². The number of ether oxygens (including phenoxy) is 2. The van der Waals surface area contributed by atoms with Crippen LogP contribution in [0.25, 0.3) is 21.9 Å². The molecule has 2 aromatic heterocycles. The number of hydrogen-bond donors (Lipinski definition) is 2. The summed E-state index contributed by atoms with van der Waals surface area (Å²) in [5.74, 6) is 2.46. The van der Waals surface area contributed by atoms with Crippen molar-refractivity contribution in [3.63, 3.8) is 0 Å². The van der Waals surface area contributed by atoms with Crippen LogP contribution in [0.4, 0.5) is 5.95 Å². The molecule has 0 unspecified atom stereocenters. The first kappa shape index (κ1) is 16.5. The van der Waals surface area contributed by atoms with Crippen LogP contribution in [0.1, 0.15) is 11.7 Å². The van der Waals surface area contributed by atoms with Crippen LogP contribution in [0.3, 0.4) is 0 Å². The van der Waals surface area contributed by atoms with Gasteiger partial charge in [-0.3, -0.25) is 9.88 Å². The lowest BCUT2D eigenvalue weighted by atomic mass is 10.1. The summed E-state index contributed by atoms with van der Waals surface area (Å²) in [5, 5.41) is 4.04. The minimum absolute atomic E-state index is 0.331. The minimum Gasteiger partial charge on any atom is -0.497 e. The zero-order valence-corrected chi connectivity index (χ0v) is 15.8. The number of rotatable bonds is 3. The summed E-state index contributed by atoms with van der Waals surface area (Å²) in [7, 11) is 5.29. The molecule has 1 aliphatic heterocycles. The van der Waals surface area contributed by atoms with Gasteiger partial charge in [-0.25, -0.2) is 9.98 Å². The molecule has 142 valence electrons. The van der Waals surface area contributed by atoms with E-state index in [9.17, 15) is 0 Å². The van der Waals surface area contributed by atoms with Crippen LogP contribution in [-0.4, -0.2) is 34.3 Å². The summed E-state index contributed by atoms with van der Waals surface area (Å²) >= 11 is 0. The Labute approximate surface area is 161 Å². The Morgan fingerprint density at radius 3 is 2.71 bits per heavy atom. The maximum absolute atomic E-state index is 6.09. The number of methoxy groups -OCH3 is 2. The maximum Gasteiger partial charge on any atom is 0.212 e. The summed E-state index contributed by atoms with van der Waals surface area (Å²) in [4.78, 5) is 9.37. The molecule has 4 aromatic rings. The van der Waals surface area contributed by atoms with Gasteiger partial charge in [0.05, 0.1) is 30.8 Å². The lowest BCUT2D eigenvalue weighted by molar-refractivity contribution is 0.397. The maximum atomic E-state index is 6.09. The average Bonchev–Trinajstić information content (AvgIpc) is 3.24. The number of nitrogens with two attached hydrogens (primary N) is 1. The number of anilines is 1. The summed E-state index contributed by atoms with van der Waals surface area (Å²) < 4.78 is 15.2. The molecule has 5 rings (SSSR count). The van der Waals surface area contributed by atoms with Crippen molar-refractivity contribution in [3.05, 3.63) is 48.2 Å². The number of para-hydroxylation sites is 2. The number of nitrogens with zero attached hydrogens (tertiary/aromatic N) is 4. The first-order valence-corrected chi connectivity index (χ1v) is 8.89. The molecule has 0 aliphatic carbocycles. The van der Waals surface area contributed by atoms with Gasteiger partial charge >= 0.3 is 0 Å². The van der Waals surface area contributed by atoms with Crippen molar-refractivity contribution in [2.45, 2.75) is 6.17 Å². The average molecular weight is 376 g/mol. The summed E-state index contributed by atoms with van der Waals surface area (Å²) in [6.07, 6.45) is 1.69. The Kier molecular flexibility index (Phi) is 3.48. The summed E-state index contributed by atoms with van der Waals surface area (Å²) in [5.41, 5.74) is 9.93. The molecule has 0 saturated carbocycles. The monoisotopic (exact) mass is 376 g/mol. The van der Waals surface area contributed by atoms with Crippen LogP contribution in [0, 0.1) is 0 Å². The molecule has 8 nitrogen and oxygen atoms in total. The number of imidazole rings is 1. The quantitative estimate of drug-likeness (QED) is 0.574. The lowest BCUT2D eigenvalue weighted by Gasteiger charge is -2.23. The molecule has 0 saturated heterocycles. The number of fused-ring (bicyclic) bond motifs is 4. The molecule has 1 atom stereocenters. The van der Waals surface area contributed by atoms with Crippen molar-refractivity contribution in [1.29, 1.82) is 0 Å². The highest BCUT2D eigenvalue weighted by molar-refractivity contribution is 5.97. The molecule has 2 aromatic carbocycles. The van der Waals surface area contributed by atoms with Crippen LogP contribution in [0.15, 0.2) is 47.6 Å². The highest BCUT2D eigenvalue weighted by Crippen LogP contribution is 2.41. The van der Waals surface area contributed by atoms with Gasteiger partial charge < -0.3 is 19.8 Å². The first-order chi connectivity index (χ1) is 13.6. The third kappa shape index (κ3) is 2.24. The summed E-state index contributed by atoms with van der Waals surface area (Å²) in [6.45, 7) is 0. The lowest BCUT2D eigenvalue weighted by Crippen LogP contribution is -2.31. The number of aromatic nitrogens is 3. The number of guanidine groups is 1. The molecule has 28 heavy (non-hydrogen) atoms. The number of aryl methyl sites for hydroxylation is 1. The van der Waals surface area contributed by atoms with E-state index in [0.717, 1.165) is 39.0 Å². The van der Waals surface area contributed by atoms with E-state index < -0.39 is 0 Å². The predicted octanol–water partition coefficient (Wildman–Crippen LogP) is 2.83. The Morgan fingerprint density at radius 1 is 1.11 bits per heavy atom. The Morgan fingerprint density at radius 2 is 1.93 bits per heavy atom. The van der Waals surface area contributed by atoms with E-state index in [0.29, 0.717) is 11.9 Å². The molecule has 0 bridgehead atoms. The van der Waals surface area contributed by atoms with E-state index in [1.807, 2.05) is 48.0 Å². The number of nitrogens with one attached hydrogen (secondary N) is 1. The third-order valence-corrected chi connectivity index (χ3v) is 5.13. The highest BCUT2D eigenvalue weighted by atomic mass is 16.5. The van der Waals surface area contributed by atoms with Crippen molar-refractivity contribution >= 4 is 33.8 Å². The van der Waals surface area contributed by atoms with Gasteiger partial charge in [-0.15, -0.1) is 0 Å². The number of hydrogen-bond acceptors (Lipinski definition) is 6.